The summed E-state index contributed by atoms with van der Waals surface area (Å²) in [5, 5.41) is 3.78. The van der Waals surface area contributed by atoms with Crippen LogP contribution in [0.25, 0.3) is 0 Å². The molecule has 1 rings (SSSR count). The Morgan fingerprint density at radius 2 is 1.88 bits per heavy atom. The standard InChI is InChI=1S/C16H33N/c1-6-17-16(14(5)10-12(2)3)15-9-7-8-13(4)11-15/h12-17H,6-11H2,1-5H3. The van der Waals surface area contributed by atoms with Crippen LogP contribution < -0.4 is 5.32 Å². The van der Waals surface area contributed by atoms with E-state index in [1.807, 2.05) is 0 Å². The molecule has 1 N–H and O–H groups in total. The molecule has 0 aliphatic heterocycles. The van der Waals surface area contributed by atoms with Gasteiger partial charge in [0.1, 0.15) is 0 Å². The maximum absolute atomic E-state index is 3.78. The molecule has 0 heterocycles. The van der Waals surface area contributed by atoms with E-state index in [0.29, 0.717) is 0 Å². The fourth-order valence-corrected chi connectivity index (χ4v) is 3.77. The fourth-order valence-electron chi connectivity index (χ4n) is 3.77. The average Bonchev–Trinajstić information content (AvgIpc) is 2.24. The maximum Gasteiger partial charge on any atom is 0.0121 e. The van der Waals surface area contributed by atoms with Gasteiger partial charge in [0.05, 0.1) is 0 Å². The van der Waals surface area contributed by atoms with Crippen molar-refractivity contribution in [3.63, 3.8) is 0 Å². The summed E-state index contributed by atoms with van der Waals surface area (Å²) >= 11 is 0. The topological polar surface area (TPSA) is 12.0 Å². The quantitative estimate of drug-likeness (QED) is 0.721. The first-order valence-electron chi connectivity index (χ1n) is 7.77. The van der Waals surface area contributed by atoms with E-state index >= 15 is 0 Å². The van der Waals surface area contributed by atoms with Crippen LogP contribution in [0.1, 0.15) is 66.7 Å². The molecule has 0 spiro atoms. The van der Waals surface area contributed by atoms with Gasteiger partial charge in [-0.15, -0.1) is 0 Å². The lowest BCUT2D eigenvalue weighted by molar-refractivity contribution is 0.172. The molecule has 1 nitrogen and oxygen atoms in total. The SMILES string of the molecule is CCNC(C(C)CC(C)C)C1CCCC(C)C1. The molecule has 17 heavy (non-hydrogen) atoms. The summed E-state index contributed by atoms with van der Waals surface area (Å²) in [6.45, 7) is 13.0. The minimum absolute atomic E-state index is 0.755. The summed E-state index contributed by atoms with van der Waals surface area (Å²) in [6.07, 6.45) is 7.16. The molecule has 0 aromatic carbocycles. The molecule has 0 aromatic rings. The largest absolute Gasteiger partial charge is 0.314 e. The van der Waals surface area contributed by atoms with Crippen molar-refractivity contribution in [3.05, 3.63) is 0 Å². The van der Waals surface area contributed by atoms with Crippen LogP contribution in [-0.2, 0) is 0 Å². The Morgan fingerprint density at radius 1 is 1.18 bits per heavy atom. The molecule has 1 saturated carbocycles. The highest BCUT2D eigenvalue weighted by molar-refractivity contribution is 4.85. The maximum atomic E-state index is 3.78. The molecule has 0 radical (unpaired) electrons. The van der Waals surface area contributed by atoms with Crippen LogP contribution in [0.3, 0.4) is 0 Å². The first-order valence-corrected chi connectivity index (χ1v) is 7.77. The highest BCUT2D eigenvalue weighted by Crippen LogP contribution is 2.34. The van der Waals surface area contributed by atoms with Gasteiger partial charge in [0.2, 0.25) is 0 Å². The van der Waals surface area contributed by atoms with Crippen LogP contribution in [-0.4, -0.2) is 12.6 Å². The van der Waals surface area contributed by atoms with Gasteiger partial charge >= 0.3 is 0 Å². The third-order valence-electron chi connectivity index (χ3n) is 4.38. The van der Waals surface area contributed by atoms with Crippen LogP contribution in [0.15, 0.2) is 0 Å². The van der Waals surface area contributed by atoms with Crippen molar-refractivity contribution in [3.8, 4) is 0 Å². The van der Waals surface area contributed by atoms with Crippen molar-refractivity contribution >= 4 is 0 Å². The van der Waals surface area contributed by atoms with E-state index in [1.54, 1.807) is 0 Å². The fraction of sp³-hybridized carbons (Fsp3) is 1.00. The lowest BCUT2D eigenvalue weighted by Crippen LogP contribution is -2.43. The van der Waals surface area contributed by atoms with Gasteiger partial charge in [-0.2, -0.15) is 0 Å². The summed E-state index contributed by atoms with van der Waals surface area (Å²) in [4.78, 5) is 0. The minimum Gasteiger partial charge on any atom is -0.314 e. The van der Waals surface area contributed by atoms with Crippen molar-refractivity contribution in [1.29, 1.82) is 0 Å². The van der Waals surface area contributed by atoms with E-state index in [1.165, 1.54) is 32.1 Å². The second-order valence-electron chi connectivity index (χ2n) is 6.72. The molecule has 1 heteroatoms. The van der Waals surface area contributed by atoms with Crippen molar-refractivity contribution < 1.29 is 0 Å². The van der Waals surface area contributed by atoms with E-state index in [0.717, 1.165) is 36.3 Å². The minimum atomic E-state index is 0.755. The Labute approximate surface area is 109 Å². The van der Waals surface area contributed by atoms with Gasteiger partial charge in [0, 0.05) is 6.04 Å². The predicted molar refractivity (Wildman–Crippen MR) is 77.2 cm³/mol. The summed E-state index contributed by atoms with van der Waals surface area (Å²) in [5.41, 5.74) is 0. The van der Waals surface area contributed by atoms with Crippen molar-refractivity contribution in [2.45, 2.75) is 72.8 Å². The highest BCUT2D eigenvalue weighted by atomic mass is 14.9. The third-order valence-corrected chi connectivity index (χ3v) is 4.38. The van der Waals surface area contributed by atoms with E-state index in [9.17, 15) is 0 Å². The van der Waals surface area contributed by atoms with Crippen LogP contribution >= 0.6 is 0 Å². The summed E-state index contributed by atoms with van der Waals surface area (Å²) in [5.74, 6) is 3.52. The monoisotopic (exact) mass is 239 g/mol. The van der Waals surface area contributed by atoms with Gasteiger partial charge in [-0.3, -0.25) is 0 Å². The van der Waals surface area contributed by atoms with Gasteiger partial charge in [-0.1, -0.05) is 47.5 Å². The van der Waals surface area contributed by atoms with E-state index in [-0.39, 0.29) is 0 Å². The lowest BCUT2D eigenvalue weighted by atomic mass is 9.74. The van der Waals surface area contributed by atoms with Crippen LogP contribution in [0.2, 0.25) is 0 Å². The molecule has 1 aliphatic carbocycles. The highest BCUT2D eigenvalue weighted by Gasteiger charge is 2.29. The van der Waals surface area contributed by atoms with Crippen molar-refractivity contribution in [2.24, 2.45) is 23.7 Å². The molecule has 1 fully saturated rings. The first kappa shape index (κ1) is 15.0. The molecule has 0 aromatic heterocycles. The van der Waals surface area contributed by atoms with Crippen LogP contribution in [0, 0.1) is 23.7 Å². The Morgan fingerprint density at radius 3 is 2.41 bits per heavy atom. The molecule has 4 atom stereocenters. The van der Waals surface area contributed by atoms with Gasteiger partial charge in [-0.25, -0.2) is 0 Å². The lowest BCUT2D eigenvalue weighted by Gasteiger charge is -2.37. The zero-order valence-corrected chi connectivity index (χ0v) is 12.6. The summed E-state index contributed by atoms with van der Waals surface area (Å²) < 4.78 is 0. The Balaban J connectivity index is 2.56. The number of nitrogens with one attached hydrogen (secondary N) is 1. The van der Waals surface area contributed by atoms with Crippen LogP contribution in [0.5, 0.6) is 0 Å². The second-order valence-corrected chi connectivity index (χ2v) is 6.72. The molecule has 1 aliphatic rings. The Hall–Kier alpha value is -0.0400. The molecular weight excluding hydrogens is 206 g/mol. The summed E-state index contributed by atoms with van der Waals surface area (Å²) in [7, 11) is 0. The average molecular weight is 239 g/mol. The first-order chi connectivity index (χ1) is 8.04. The molecule has 0 saturated heterocycles. The smallest absolute Gasteiger partial charge is 0.0121 e. The van der Waals surface area contributed by atoms with Crippen molar-refractivity contribution in [1.82, 2.24) is 5.32 Å². The third kappa shape index (κ3) is 4.99. The zero-order chi connectivity index (χ0) is 12.8. The van der Waals surface area contributed by atoms with Crippen molar-refractivity contribution in [2.75, 3.05) is 6.54 Å². The van der Waals surface area contributed by atoms with Gasteiger partial charge in [0.25, 0.3) is 0 Å². The van der Waals surface area contributed by atoms with E-state index in [2.05, 4.69) is 39.9 Å². The van der Waals surface area contributed by atoms with Crippen LogP contribution in [0.4, 0.5) is 0 Å². The zero-order valence-electron chi connectivity index (χ0n) is 12.6. The molecule has 0 amide bonds. The molecule has 0 bridgehead atoms. The second kappa shape index (κ2) is 7.41. The Kier molecular flexibility index (Phi) is 6.54. The summed E-state index contributed by atoms with van der Waals surface area (Å²) in [6, 6.07) is 0.755. The molecular formula is C16H33N. The van der Waals surface area contributed by atoms with Gasteiger partial charge in [-0.05, 0) is 49.5 Å². The van der Waals surface area contributed by atoms with Gasteiger partial charge < -0.3 is 5.32 Å². The molecule has 4 unspecified atom stereocenters. The number of rotatable bonds is 6. The predicted octanol–water partition coefficient (Wildman–Crippen LogP) is 4.47. The van der Waals surface area contributed by atoms with E-state index in [4.69, 9.17) is 0 Å². The number of hydrogen-bond acceptors (Lipinski definition) is 1. The van der Waals surface area contributed by atoms with Gasteiger partial charge in [0.15, 0.2) is 0 Å². The molecule has 102 valence electrons. The Bertz CT molecular complexity index is 200. The normalized spacial score (nSPS) is 29.3. The number of hydrogen-bond donors (Lipinski definition) is 1. The van der Waals surface area contributed by atoms with E-state index < -0.39 is 0 Å².